The van der Waals surface area contributed by atoms with Gasteiger partial charge in [0.05, 0.1) is 12.7 Å². The fourth-order valence-corrected chi connectivity index (χ4v) is 3.93. The molecule has 32 heavy (non-hydrogen) atoms. The maximum Gasteiger partial charge on any atom is 0.320 e. The molecule has 0 aromatic heterocycles. The first-order chi connectivity index (χ1) is 15.0. The Morgan fingerprint density at radius 1 is 0.719 bits per heavy atom. The zero-order valence-corrected chi connectivity index (χ0v) is 20.1. The summed E-state index contributed by atoms with van der Waals surface area (Å²) in [6.45, 7) is 13.2. The Kier molecular flexibility index (Phi) is 12.6. The maximum absolute atomic E-state index is 11.7. The minimum absolute atomic E-state index is 0.0999. The molecule has 0 aliphatic carbocycles. The third-order valence-electron chi connectivity index (χ3n) is 6.72. The lowest BCUT2D eigenvalue weighted by Gasteiger charge is -2.39. The molecule has 1 aliphatic rings. The number of carbonyl (C=O) groups is 2. The number of aliphatic hydroxyl groups is 1. The largest absolute Gasteiger partial charge is 0.480 e. The molecule has 1 saturated heterocycles. The van der Waals surface area contributed by atoms with Crippen molar-refractivity contribution in [1.82, 2.24) is 19.6 Å². The van der Waals surface area contributed by atoms with E-state index in [-0.39, 0.29) is 18.7 Å². The summed E-state index contributed by atoms with van der Waals surface area (Å²) < 4.78 is 0. The lowest BCUT2D eigenvalue weighted by molar-refractivity contribution is -0.251. The zero-order chi connectivity index (χ0) is 24.4. The van der Waals surface area contributed by atoms with E-state index >= 15 is 0 Å². The van der Waals surface area contributed by atoms with Crippen molar-refractivity contribution in [2.24, 2.45) is 0 Å². The summed E-state index contributed by atoms with van der Waals surface area (Å²) in [6, 6.07) is -1.62. The first kappa shape index (κ1) is 28.7. The van der Waals surface area contributed by atoms with E-state index in [1.54, 1.807) is 20.8 Å². The Morgan fingerprint density at radius 3 is 1.38 bits per heavy atom. The van der Waals surface area contributed by atoms with Crippen LogP contribution in [0.4, 0.5) is 0 Å². The van der Waals surface area contributed by atoms with E-state index in [9.17, 15) is 24.9 Å². The van der Waals surface area contributed by atoms with Crippen LogP contribution in [0.2, 0.25) is 0 Å². The van der Waals surface area contributed by atoms with E-state index in [0.717, 1.165) is 0 Å². The van der Waals surface area contributed by atoms with Crippen molar-refractivity contribution >= 4 is 11.9 Å². The van der Waals surface area contributed by atoms with E-state index in [2.05, 4.69) is 14.7 Å². The highest BCUT2D eigenvalue weighted by Gasteiger charge is 2.28. The standard InChI is InChI=1S/C21H42N4O7/c1-15(14-32-31)22-6-8-24(17(3)20(27)28)12-10-23(16(2)19(5)26)11-13-25(9-7-22)18(4)21(29)30/h15-19,26,31H,6-14H2,1-5H3,(H,27,28)(H,29,30). The predicted molar refractivity (Wildman–Crippen MR) is 120 cm³/mol. The summed E-state index contributed by atoms with van der Waals surface area (Å²) >= 11 is 0. The predicted octanol–water partition coefficient (Wildman–Crippen LogP) is -0.198. The molecule has 4 N–H and O–H groups in total. The minimum atomic E-state index is -0.896. The number of carboxylic acids is 2. The number of carboxylic acid groups (broad SMARTS) is 2. The van der Waals surface area contributed by atoms with Crippen LogP contribution >= 0.6 is 0 Å². The average molecular weight is 463 g/mol. The van der Waals surface area contributed by atoms with Gasteiger partial charge in [-0.3, -0.25) is 34.4 Å². The quantitative estimate of drug-likeness (QED) is 0.268. The number of hydrogen-bond donors (Lipinski definition) is 4. The number of rotatable bonds is 9. The van der Waals surface area contributed by atoms with E-state index in [1.807, 2.05) is 23.6 Å². The van der Waals surface area contributed by atoms with Crippen LogP contribution in [0, 0.1) is 0 Å². The van der Waals surface area contributed by atoms with Gasteiger partial charge in [0.15, 0.2) is 0 Å². The van der Waals surface area contributed by atoms with Crippen LogP contribution in [0.25, 0.3) is 0 Å². The maximum atomic E-state index is 11.7. The van der Waals surface area contributed by atoms with Gasteiger partial charge in [-0.1, -0.05) is 0 Å². The molecule has 1 rings (SSSR count). The van der Waals surface area contributed by atoms with Gasteiger partial charge < -0.3 is 15.3 Å². The smallest absolute Gasteiger partial charge is 0.320 e. The fourth-order valence-electron chi connectivity index (χ4n) is 3.93. The third-order valence-corrected chi connectivity index (χ3v) is 6.72. The normalized spacial score (nSPS) is 24.0. The van der Waals surface area contributed by atoms with Crippen molar-refractivity contribution in [3.05, 3.63) is 0 Å². The van der Waals surface area contributed by atoms with Crippen molar-refractivity contribution in [3.8, 4) is 0 Å². The molecule has 0 aromatic carbocycles. The van der Waals surface area contributed by atoms with Gasteiger partial charge in [-0.25, -0.2) is 4.89 Å². The summed E-state index contributed by atoms with van der Waals surface area (Å²) in [4.78, 5) is 35.7. The van der Waals surface area contributed by atoms with Crippen molar-refractivity contribution in [2.45, 2.75) is 64.9 Å². The number of hydrogen-bond acceptors (Lipinski definition) is 9. The molecule has 5 atom stereocenters. The summed E-state index contributed by atoms with van der Waals surface area (Å²) in [5.41, 5.74) is 0. The molecule has 1 aliphatic heterocycles. The molecule has 188 valence electrons. The van der Waals surface area contributed by atoms with E-state index in [1.165, 1.54) is 0 Å². The molecule has 5 unspecified atom stereocenters. The highest BCUT2D eigenvalue weighted by Crippen LogP contribution is 2.11. The summed E-state index contributed by atoms with van der Waals surface area (Å²) in [5.74, 6) is -1.79. The SMILES string of the molecule is CC(O)C(C)N1CCN(C(C)C(=O)O)CCN(C(C)COO)CCN(C(C)C(=O)O)CC1. The van der Waals surface area contributed by atoms with Gasteiger partial charge in [0.1, 0.15) is 12.1 Å². The Morgan fingerprint density at radius 2 is 1.06 bits per heavy atom. The monoisotopic (exact) mass is 462 g/mol. The van der Waals surface area contributed by atoms with Crippen LogP contribution < -0.4 is 0 Å². The van der Waals surface area contributed by atoms with E-state index < -0.39 is 30.1 Å². The first-order valence-electron chi connectivity index (χ1n) is 11.4. The van der Waals surface area contributed by atoms with Crippen LogP contribution in [0.1, 0.15) is 34.6 Å². The van der Waals surface area contributed by atoms with Gasteiger partial charge in [-0.15, -0.1) is 0 Å². The zero-order valence-electron chi connectivity index (χ0n) is 20.1. The summed E-state index contributed by atoms with van der Waals surface area (Å²) in [7, 11) is 0. The van der Waals surface area contributed by atoms with Crippen LogP contribution in [0.5, 0.6) is 0 Å². The highest BCUT2D eigenvalue weighted by atomic mass is 17.1. The van der Waals surface area contributed by atoms with Crippen LogP contribution in [-0.4, -0.2) is 141 Å². The average Bonchev–Trinajstić information content (AvgIpc) is 2.72. The van der Waals surface area contributed by atoms with Crippen LogP contribution in [0.3, 0.4) is 0 Å². The van der Waals surface area contributed by atoms with Crippen molar-refractivity contribution in [2.75, 3.05) is 59.0 Å². The Bertz CT molecular complexity index is 544. The molecule has 0 amide bonds. The van der Waals surface area contributed by atoms with Crippen molar-refractivity contribution < 1.29 is 35.1 Å². The molecule has 11 heteroatoms. The van der Waals surface area contributed by atoms with Gasteiger partial charge in [0, 0.05) is 64.4 Å². The second-order valence-electron chi connectivity index (χ2n) is 8.80. The lowest BCUT2D eigenvalue weighted by atomic mass is 10.1. The molecule has 0 spiro atoms. The minimum Gasteiger partial charge on any atom is -0.480 e. The Labute approximate surface area is 191 Å². The summed E-state index contributed by atoms with van der Waals surface area (Å²) in [5, 5.41) is 38.2. The Hall–Kier alpha value is -1.34. The molecule has 1 fully saturated rings. The second kappa shape index (κ2) is 14.0. The number of aliphatic carboxylic acids is 2. The number of aliphatic hydroxyl groups excluding tert-OH is 1. The topological polar surface area (TPSA) is 137 Å². The molecule has 1 heterocycles. The highest BCUT2D eigenvalue weighted by molar-refractivity contribution is 5.73. The number of nitrogens with zero attached hydrogens (tertiary/aromatic N) is 4. The molecular weight excluding hydrogens is 420 g/mol. The van der Waals surface area contributed by atoms with Gasteiger partial charge in [0.25, 0.3) is 0 Å². The lowest BCUT2D eigenvalue weighted by Crippen LogP contribution is -2.54. The van der Waals surface area contributed by atoms with Gasteiger partial charge >= 0.3 is 11.9 Å². The molecule has 0 radical (unpaired) electrons. The Balaban J connectivity index is 3.15. The third kappa shape index (κ3) is 8.89. The van der Waals surface area contributed by atoms with Gasteiger partial charge in [0.2, 0.25) is 0 Å². The summed E-state index contributed by atoms with van der Waals surface area (Å²) in [6.07, 6.45) is -0.576. The molecule has 0 saturated carbocycles. The fraction of sp³-hybridized carbons (Fsp3) is 0.905. The van der Waals surface area contributed by atoms with Crippen LogP contribution in [0.15, 0.2) is 0 Å². The molecule has 0 bridgehead atoms. The first-order valence-corrected chi connectivity index (χ1v) is 11.4. The second-order valence-corrected chi connectivity index (χ2v) is 8.80. The van der Waals surface area contributed by atoms with Gasteiger partial charge in [-0.05, 0) is 34.6 Å². The molecule has 0 aromatic rings. The molecule has 11 nitrogen and oxygen atoms in total. The van der Waals surface area contributed by atoms with Crippen molar-refractivity contribution in [1.29, 1.82) is 0 Å². The van der Waals surface area contributed by atoms with Crippen LogP contribution in [-0.2, 0) is 14.5 Å². The molecular formula is C21H42N4O7. The van der Waals surface area contributed by atoms with Gasteiger partial charge in [-0.2, -0.15) is 0 Å². The van der Waals surface area contributed by atoms with Crippen molar-refractivity contribution in [3.63, 3.8) is 0 Å². The van der Waals surface area contributed by atoms with E-state index in [0.29, 0.717) is 52.4 Å². The van der Waals surface area contributed by atoms with E-state index in [4.69, 9.17) is 5.26 Å².